The second-order valence-electron chi connectivity index (χ2n) is 8.85. The van der Waals surface area contributed by atoms with E-state index in [1.165, 1.54) is 12.1 Å². The monoisotopic (exact) mass is 442 g/mol. The van der Waals surface area contributed by atoms with E-state index in [2.05, 4.69) is 10.2 Å². The van der Waals surface area contributed by atoms with Crippen LogP contribution in [0.4, 0.5) is 17.6 Å². The van der Waals surface area contributed by atoms with Crippen molar-refractivity contribution in [2.45, 2.75) is 63.6 Å². The molecule has 31 heavy (non-hydrogen) atoms. The molecule has 1 N–H and O–H groups in total. The third-order valence-electron chi connectivity index (χ3n) is 6.51. The van der Waals surface area contributed by atoms with E-state index >= 15 is 0 Å². The van der Waals surface area contributed by atoms with E-state index < -0.39 is 18.5 Å². The maximum atomic E-state index is 13.0. The van der Waals surface area contributed by atoms with Gasteiger partial charge in [0.15, 0.2) is 5.78 Å². The molecule has 1 aliphatic carbocycles. The number of Topliss-reactive ketones (excluding diaryl/α,β-unsaturated/α-hetero) is 1. The van der Waals surface area contributed by atoms with Crippen molar-refractivity contribution in [1.29, 1.82) is 0 Å². The van der Waals surface area contributed by atoms with Crippen LogP contribution in [0.5, 0.6) is 0 Å². The Morgan fingerprint density at radius 3 is 2.16 bits per heavy atom. The van der Waals surface area contributed by atoms with Crippen LogP contribution in [0.2, 0.25) is 0 Å². The van der Waals surface area contributed by atoms with E-state index in [1.54, 1.807) is 12.1 Å². The van der Waals surface area contributed by atoms with Crippen molar-refractivity contribution in [3.63, 3.8) is 0 Å². The molecule has 4 nitrogen and oxygen atoms in total. The number of rotatable bonds is 7. The molecule has 1 aromatic rings. The van der Waals surface area contributed by atoms with Crippen LogP contribution in [0.15, 0.2) is 24.3 Å². The number of carbonyl (C=O) groups excluding carboxylic acids is 2. The number of carbonyl (C=O) groups is 2. The fourth-order valence-electron chi connectivity index (χ4n) is 4.69. The maximum absolute atomic E-state index is 13.0. The van der Waals surface area contributed by atoms with Gasteiger partial charge in [0.1, 0.15) is 12.2 Å². The van der Waals surface area contributed by atoms with Crippen molar-refractivity contribution in [3.8, 4) is 0 Å². The van der Waals surface area contributed by atoms with Gasteiger partial charge < -0.3 is 10.2 Å². The topological polar surface area (TPSA) is 49.4 Å². The van der Waals surface area contributed by atoms with E-state index in [1.807, 2.05) is 0 Å². The summed E-state index contributed by atoms with van der Waals surface area (Å²) in [6.45, 7) is 2.67. The SMILES string of the molecule is O=C(CC(F)(F)F)NC1CCC(CCN2CCC(C(=O)c3ccc(F)cc3)CC2)CC1. The van der Waals surface area contributed by atoms with E-state index in [4.69, 9.17) is 0 Å². The van der Waals surface area contributed by atoms with Gasteiger partial charge in [-0.05, 0) is 94.8 Å². The lowest BCUT2D eigenvalue weighted by molar-refractivity contribution is -0.154. The Morgan fingerprint density at radius 1 is 0.968 bits per heavy atom. The maximum Gasteiger partial charge on any atom is 0.397 e. The van der Waals surface area contributed by atoms with Crippen LogP contribution in [-0.4, -0.2) is 48.4 Å². The van der Waals surface area contributed by atoms with Gasteiger partial charge in [-0.3, -0.25) is 9.59 Å². The highest BCUT2D eigenvalue weighted by atomic mass is 19.4. The summed E-state index contributed by atoms with van der Waals surface area (Å²) in [5, 5.41) is 2.51. The standard InChI is InChI=1S/C23H30F4N2O2/c24-19-5-3-17(4-6-19)22(31)18-10-13-29(14-11-18)12-9-16-1-7-20(8-2-16)28-21(30)15-23(25,26)27/h3-6,16,18,20H,1-2,7-15H2,(H,28,30). The Hall–Kier alpha value is -1.96. The first-order valence-corrected chi connectivity index (χ1v) is 11.1. The van der Waals surface area contributed by atoms with Crippen LogP contribution in [0.25, 0.3) is 0 Å². The van der Waals surface area contributed by atoms with E-state index in [9.17, 15) is 27.2 Å². The largest absolute Gasteiger partial charge is 0.397 e. The number of nitrogens with one attached hydrogen (secondary N) is 1. The minimum absolute atomic E-state index is 0.0162. The number of piperidine rings is 1. The summed E-state index contributed by atoms with van der Waals surface area (Å²) in [5.41, 5.74) is 0.568. The number of benzene rings is 1. The Bertz CT molecular complexity index is 735. The summed E-state index contributed by atoms with van der Waals surface area (Å²) in [7, 11) is 0. The Kier molecular flexibility index (Phi) is 8.08. The van der Waals surface area contributed by atoms with E-state index in [-0.39, 0.29) is 23.6 Å². The summed E-state index contributed by atoms with van der Waals surface area (Å²) in [5.74, 6) is -0.685. The van der Waals surface area contributed by atoms with Crippen molar-refractivity contribution < 1.29 is 27.2 Å². The number of amides is 1. The van der Waals surface area contributed by atoms with Gasteiger partial charge in [-0.2, -0.15) is 13.2 Å². The molecule has 0 unspecified atom stereocenters. The Balaban J connectivity index is 1.32. The van der Waals surface area contributed by atoms with Gasteiger partial charge in [0.2, 0.25) is 5.91 Å². The first kappa shape index (κ1) is 23.7. The highest BCUT2D eigenvalue weighted by Gasteiger charge is 2.33. The zero-order valence-corrected chi connectivity index (χ0v) is 17.6. The number of ketones is 1. The summed E-state index contributed by atoms with van der Waals surface area (Å²) in [6.07, 6.45) is 0.0328. The van der Waals surface area contributed by atoms with Crippen molar-refractivity contribution >= 4 is 11.7 Å². The molecule has 1 amide bonds. The number of alkyl halides is 3. The van der Waals surface area contributed by atoms with Gasteiger partial charge in [-0.25, -0.2) is 4.39 Å². The fraction of sp³-hybridized carbons (Fsp3) is 0.652. The molecule has 1 saturated carbocycles. The summed E-state index contributed by atoms with van der Waals surface area (Å²) >= 11 is 0. The molecule has 172 valence electrons. The highest BCUT2D eigenvalue weighted by Crippen LogP contribution is 2.29. The molecular weight excluding hydrogens is 412 g/mol. The number of hydrogen-bond acceptors (Lipinski definition) is 3. The van der Waals surface area contributed by atoms with E-state index in [0.29, 0.717) is 11.5 Å². The molecule has 0 aromatic heterocycles. The third kappa shape index (κ3) is 7.59. The molecule has 2 aliphatic rings. The highest BCUT2D eigenvalue weighted by molar-refractivity contribution is 5.97. The summed E-state index contributed by atoms with van der Waals surface area (Å²) < 4.78 is 49.9. The zero-order valence-electron chi connectivity index (χ0n) is 17.6. The van der Waals surface area contributed by atoms with E-state index in [0.717, 1.165) is 64.6 Å². The minimum atomic E-state index is -4.46. The third-order valence-corrected chi connectivity index (χ3v) is 6.51. The first-order chi connectivity index (χ1) is 14.7. The molecule has 0 atom stereocenters. The number of hydrogen-bond donors (Lipinski definition) is 1. The second kappa shape index (κ2) is 10.6. The lowest BCUT2D eigenvalue weighted by Gasteiger charge is -2.34. The average molecular weight is 442 g/mol. The second-order valence-corrected chi connectivity index (χ2v) is 8.85. The predicted molar refractivity (Wildman–Crippen MR) is 109 cm³/mol. The van der Waals surface area contributed by atoms with Crippen molar-refractivity contribution in [3.05, 3.63) is 35.6 Å². The molecule has 1 aliphatic heterocycles. The molecule has 8 heteroatoms. The van der Waals surface area contributed by atoms with Crippen LogP contribution in [0.1, 0.15) is 61.7 Å². The van der Waals surface area contributed by atoms with Gasteiger partial charge in [0.05, 0.1) is 0 Å². The smallest absolute Gasteiger partial charge is 0.353 e. The molecular formula is C23H30F4N2O2. The molecule has 3 rings (SSSR count). The lowest BCUT2D eigenvalue weighted by Crippen LogP contribution is -2.40. The van der Waals surface area contributed by atoms with Crippen LogP contribution >= 0.6 is 0 Å². The summed E-state index contributed by atoms with van der Waals surface area (Å²) in [6, 6.07) is 5.58. The molecule has 0 spiro atoms. The summed E-state index contributed by atoms with van der Waals surface area (Å²) in [4.78, 5) is 26.4. The van der Waals surface area contributed by atoms with Crippen molar-refractivity contribution in [1.82, 2.24) is 10.2 Å². The van der Waals surface area contributed by atoms with Crippen molar-refractivity contribution in [2.24, 2.45) is 11.8 Å². The Morgan fingerprint density at radius 2 is 1.58 bits per heavy atom. The van der Waals surface area contributed by atoms with Gasteiger partial charge in [0, 0.05) is 17.5 Å². The van der Waals surface area contributed by atoms with Gasteiger partial charge >= 0.3 is 6.18 Å². The zero-order chi connectivity index (χ0) is 22.4. The molecule has 2 fully saturated rings. The molecule has 0 bridgehead atoms. The first-order valence-electron chi connectivity index (χ1n) is 11.1. The quantitative estimate of drug-likeness (QED) is 0.490. The van der Waals surface area contributed by atoms with Crippen LogP contribution < -0.4 is 5.32 Å². The van der Waals surface area contributed by atoms with Gasteiger partial charge in [-0.1, -0.05) is 0 Å². The lowest BCUT2D eigenvalue weighted by atomic mass is 9.83. The Labute approximate surface area is 180 Å². The minimum Gasteiger partial charge on any atom is -0.353 e. The normalized spacial score (nSPS) is 23.5. The predicted octanol–water partition coefficient (Wildman–Crippen LogP) is 4.74. The van der Waals surface area contributed by atoms with Gasteiger partial charge in [0.25, 0.3) is 0 Å². The van der Waals surface area contributed by atoms with Crippen LogP contribution in [-0.2, 0) is 4.79 Å². The number of halogens is 4. The molecule has 1 heterocycles. The van der Waals surface area contributed by atoms with Crippen molar-refractivity contribution in [2.75, 3.05) is 19.6 Å². The molecule has 1 aromatic carbocycles. The molecule has 0 radical (unpaired) electrons. The number of likely N-dealkylation sites (tertiary alicyclic amines) is 1. The van der Waals surface area contributed by atoms with Gasteiger partial charge in [-0.15, -0.1) is 0 Å². The number of nitrogens with zero attached hydrogens (tertiary/aromatic N) is 1. The fourth-order valence-corrected chi connectivity index (χ4v) is 4.69. The average Bonchev–Trinajstić information content (AvgIpc) is 2.72. The van der Waals surface area contributed by atoms with Crippen LogP contribution in [0.3, 0.4) is 0 Å². The molecule has 1 saturated heterocycles. The van der Waals surface area contributed by atoms with Crippen LogP contribution in [0, 0.1) is 17.7 Å².